The second-order valence-corrected chi connectivity index (χ2v) is 2.54. The van der Waals surface area contributed by atoms with E-state index in [0.717, 1.165) is 18.4 Å². The Balaban J connectivity index is 0.000000461. The molecule has 1 aliphatic rings. The summed E-state index contributed by atoms with van der Waals surface area (Å²) in [5, 5.41) is 0. The van der Waals surface area contributed by atoms with Crippen LogP contribution in [0.1, 0.15) is 33.1 Å². The van der Waals surface area contributed by atoms with Crippen LogP contribution >= 0.6 is 0 Å². The van der Waals surface area contributed by atoms with Crippen LogP contribution in [0.5, 0.6) is 0 Å². The normalized spacial score (nSPS) is 17.5. The van der Waals surface area contributed by atoms with Crippen LogP contribution in [0.3, 0.4) is 0 Å². The van der Waals surface area contributed by atoms with Gasteiger partial charge in [0.1, 0.15) is 0 Å². The largest absolute Gasteiger partial charge is 0.0952 e. The Morgan fingerprint density at radius 1 is 0.909 bits per heavy atom. The Hall–Kier alpha value is -0.780. The molecule has 1 fully saturated rings. The van der Waals surface area contributed by atoms with E-state index in [4.69, 9.17) is 0 Å². The van der Waals surface area contributed by atoms with Gasteiger partial charge in [0, 0.05) is 0 Å². The van der Waals surface area contributed by atoms with Gasteiger partial charge < -0.3 is 0 Å². The van der Waals surface area contributed by atoms with Gasteiger partial charge in [0.2, 0.25) is 0 Å². The molecule has 1 aliphatic carbocycles. The summed E-state index contributed by atoms with van der Waals surface area (Å²) >= 11 is 0. The minimum Gasteiger partial charge on any atom is -0.0952 e. The highest BCUT2D eigenvalue weighted by Crippen LogP contribution is 2.29. The second kappa shape index (κ2) is 4.95. The van der Waals surface area contributed by atoms with Gasteiger partial charge in [0.15, 0.2) is 0 Å². The summed E-state index contributed by atoms with van der Waals surface area (Å²) in [6, 6.07) is 0. The number of hydrogen-bond acceptors (Lipinski definition) is 0. The van der Waals surface area contributed by atoms with E-state index in [1.54, 1.807) is 0 Å². The molecule has 0 spiro atoms. The van der Waals surface area contributed by atoms with E-state index < -0.39 is 0 Å². The van der Waals surface area contributed by atoms with Crippen molar-refractivity contribution in [2.75, 3.05) is 0 Å². The number of hydrogen-bond donors (Lipinski definition) is 0. The molecule has 0 aromatic carbocycles. The van der Waals surface area contributed by atoms with Gasteiger partial charge in [0.25, 0.3) is 0 Å². The lowest BCUT2D eigenvalue weighted by molar-refractivity contribution is 0.779. The quantitative estimate of drug-likeness (QED) is 0.492. The molecule has 0 bridgehead atoms. The van der Waals surface area contributed by atoms with E-state index in [2.05, 4.69) is 19.7 Å². The van der Waals surface area contributed by atoms with Crippen molar-refractivity contribution < 1.29 is 0 Å². The fourth-order valence-corrected chi connectivity index (χ4v) is 1.07. The van der Waals surface area contributed by atoms with Gasteiger partial charge in [-0.2, -0.15) is 0 Å². The molecule has 1 saturated carbocycles. The smallest absolute Gasteiger partial charge is 0.0276 e. The van der Waals surface area contributed by atoms with Crippen molar-refractivity contribution in [3.8, 4) is 0 Å². The van der Waals surface area contributed by atoms with E-state index in [-0.39, 0.29) is 0 Å². The third kappa shape index (κ3) is 2.75. The summed E-state index contributed by atoms with van der Waals surface area (Å²) in [4.78, 5) is 0. The molecular weight excluding hydrogens is 132 g/mol. The van der Waals surface area contributed by atoms with Crippen LogP contribution in [-0.2, 0) is 0 Å². The first-order chi connectivity index (χ1) is 5.22. The summed E-state index contributed by atoms with van der Waals surface area (Å²) in [5.74, 6) is 0. The van der Waals surface area contributed by atoms with Gasteiger partial charge >= 0.3 is 0 Å². The highest BCUT2D eigenvalue weighted by atomic mass is 14.1. The average molecular weight is 150 g/mol. The van der Waals surface area contributed by atoms with Crippen molar-refractivity contribution >= 4 is 0 Å². The van der Waals surface area contributed by atoms with Crippen LogP contribution in [-0.4, -0.2) is 0 Å². The molecule has 0 N–H and O–H groups in total. The molecule has 62 valence electrons. The number of rotatable bonds is 0. The van der Waals surface area contributed by atoms with Crippen molar-refractivity contribution in [2.24, 2.45) is 0 Å². The maximum absolute atomic E-state index is 3.89. The van der Waals surface area contributed by atoms with E-state index in [0.29, 0.717) is 0 Å². The topological polar surface area (TPSA) is 0 Å². The fourth-order valence-electron chi connectivity index (χ4n) is 1.07. The predicted octanol–water partition coefficient (Wildman–Crippen LogP) is 3.87. The Morgan fingerprint density at radius 3 is 1.55 bits per heavy atom. The first-order valence-corrected chi connectivity index (χ1v) is 4.27. The zero-order valence-corrected chi connectivity index (χ0v) is 7.74. The van der Waals surface area contributed by atoms with Crippen molar-refractivity contribution in [2.45, 2.75) is 33.1 Å². The summed E-state index contributed by atoms with van der Waals surface area (Å²) in [6.45, 7) is 15.6. The van der Waals surface area contributed by atoms with Crippen LogP contribution in [0.25, 0.3) is 0 Å². The molecule has 11 heavy (non-hydrogen) atoms. The van der Waals surface area contributed by atoms with Gasteiger partial charge in [-0.05, 0) is 36.0 Å². The maximum Gasteiger partial charge on any atom is -0.0276 e. The molecule has 0 nitrogen and oxygen atoms in total. The molecule has 0 radical (unpaired) electrons. The van der Waals surface area contributed by atoms with Crippen molar-refractivity contribution in [1.82, 2.24) is 0 Å². The molecule has 0 heterocycles. The standard InChI is InChI=1S/C9H12.C2H6/c1-7-5-4-6-8(2)9(7)3;1-2/h1-6H2;1-2H3. The number of allylic oxidation sites excluding steroid dienone is 3. The first-order valence-electron chi connectivity index (χ1n) is 4.27. The van der Waals surface area contributed by atoms with Crippen LogP contribution in [0.15, 0.2) is 36.5 Å². The molecule has 0 aromatic heterocycles. The fraction of sp³-hybridized carbons (Fsp3) is 0.455. The van der Waals surface area contributed by atoms with Crippen LogP contribution in [0, 0.1) is 0 Å². The zero-order valence-electron chi connectivity index (χ0n) is 7.74. The molecule has 0 saturated heterocycles. The van der Waals surface area contributed by atoms with Gasteiger partial charge in [-0.25, -0.2) is 0 Å². The Morgan fingerprint density at radius 2 is 1.27 bits per heavy atom. The minimum atomic E-state index is 1.08. The summed E-state index contributed by atoms with van der Waals surface area (Å²) in [7, 11) is 0. The Bertz CT molecular complexity index is 154. The summed E-state index contributed by atoms with van der Waals surface area (Å²) in [6.07, 6.45) is 3.42. The monoisotopic (exact) mass is 150 g/mol. The highest BCUT2D eigenvalue weighted by molar-refractivity contribution is 5.43. The minimum absolute atomic E-state index is 1.08. The van der Waals surface area contributed by atoms with Gasteiger partial charge in [-0.1, -0.05) is 33.6 Å². The molecule has 0 heteroatoms. The van der Waals surface area contributed by atoms with E-state index >= 15 is 0 Å². The van der Waals surface area contributed by atoms with Gasteiger partial charge in [0.05, 0.1) is 0 Å². The third-order valence-corrected chi connectivity index (χ3v) is 1.81. The zero-order chi connectivity index (χ0) is 8.85. The summed E-state index contributed by atoms with van der Waals surface area (Å²) in [5.41, 5.74) is 3.43. The molecular formula is C11H18. The third-order valence-electron chi connectivity index (χ3n) is 1.81. The maximum atomic E-state index is 3.89. The summed E-state index contributed by atoms with van der Waals surface area (Å²) < 4.78 is 0. The predicted molar refractivity (Wildman–Crippen MR) is 52.6 cm³/mol. The van der Waals surface area contributed by atoms with Crippen LogP contribution < -0.4 is 0 Å². The van der Waals surface area contributed by atoms with Crippen molar-refractivity contribution in [3.63, 3.8) is 0 Å². The van der Waals surface area contributed by atoms with Gasteiger partial charge in [-0.15, -0.1) is 0 Å². The van der Waals surface area contributed by atoms with E-state index in [1.807, 2.05) is 13.8 Å². The van der Waals surface area contributed by atoms with Crippen LogP contribution in [0.2, 0.25) is 0 Å². The molecule has 1 rings (SSSR count). The molecule has 0 atom stereocenters. The second-order valence-electron chi connectivity index (χ2n) is 2.54. The van der Waals surface area contributed by atoms with Crippen molar-refractivity contribution in [1.29, 1.82) is 0 Å². The SMILES string of the molecule is C=C1CCCC(=C)C1=C.CC. The Kier molecular flexibility index (Phi) is 4.60. The lowest BCUT2D eigenvalue weighted by Gasteiger charge is -2.17. The molecule has 0 amide bonds. The lowest BCUT2D eigenvalue weighted by atomic mass is 9.88. The first kappa shape index (κ1) is 10.2. The highest BCUT2D eigenvalue weighted by Gasteiger charge is 2.09. The average Bonchev–Trinajstić information content (AvgIpc) is 2.04. The van der Waals surface area contributed by atoms with Crippen LogP contribution in [0.4, 0.5) is 0 Å². The Labute approximate surface area is 70.3 Å². The van der Waals surface area contributed by atoms with Crippen molar-refractivity contribution in [3.05, 3.63) is 36.5 Å². The molecule has 0 unspecified atom stereocenters. The lowest BCUT2D eigenvalue weighted by Crippen LogP contribution is -1.98. The molecule has 0 aromatic rings. The van der Waals surface area contributed by atoms with Gasteiger partial charge in [-0.3, -0.25) is 0 Å². The van der Waals surface area contributed by atoms with E-state index in [1.165, 1.54) is 17.6 Å². The van der Waals surface area contributed by atoms with E-state index in [9.17, 15) is 0 Å². The molecule has 0 aliphatic heterocycles.